The molecule has 0 bridgehead atoms. The third-order valence-corrected chi connectivity index (χ3v) is 6.18. The SMILES string of the molecule is Cc1ccc2c(c1)[C@H]1CCO[C@@H](c3ccc4ccccc4c3)[C@@H]1CC2. The molecule has 0 spiro atoms. The van der Waals surface area contributed by atoms with Crippen LogP contribution in [0.2, 0.25) is 0 Å². The van der Waals surface area contributed by atoms with Crippen molar-refractivity contribution in [1.82, 2.24) is 0 Å². The monoisotopic (exact) mass is 328 g/mol. The standard InChI is InChI=1S/C24H24O/c1-16-6-7-18-10-11-22-21(23(18)14-16)12-13-25-24(22)20-9-8-17-4-2-3-5-19(17)15-20/h2-9,14-15,21-22,24H,10-13H2,1H3/t21-,22+,24-/m0/s1. The van der Waals surface area contributed by atoms with E-state index in [2.05, 4.69) is 67.6 Å². The maximum Gasteiger partial charge on any atom is 0.0859 e. The van der Waals surface area contributed by atoms with Crippen molar-refractivity contribution in [2.24, 2.45) is 5.92 Å². The van der Waals surface area contributed by atoms with Crippen LogP contribution < -0.4 is 0 Å². The van der Waals surface area contributed by atoms with Crippen molar-refractivity contribution in [1.29, 1.82) is 0 Å². The molecule has 3 atom stereocenters. The molecule has 1 aliphatic heterocycles. The van der Waals surface area contributed by atoms with Crippen molar-refractivity contribution in [2.45, 2.75) is 38.2 Å². The van der Waals surface area contributed by atoms with Gasteiger partial charge in [-0.1, -0.05) is 60.2 Å². The summed E-state index contributed by atoms with van der Waals surface area (Å²) >= 11 is 0. The van der Waals surface area contributed by atoms with Gasteiger partial charge in [-0.2, -0.15) is 0 Å². The van der Waals surface area contributed by atoms with Gasteiger partial charge in [-0.15, -0.1) is 0 Å². The van der Waals surface area contributed by atoms with E-state index in [9.17, 15) is 0 Å². The van der Waals surface area contributed by atoms with Crippen LogP contribution in [0.25, 0.3) is 10.8 Å². The average Bonchev–Trinajstić information content (AvgIpc) is 2.67. The van der Waals surface area contributed by atoms with Crippen molar-refractivity contribution in [3.05, 3.63) is 82.9 Å². The number of aryl methyl sites for hydroxylation is 2. The van der Waals surface area contributed by atoms with E-state index in [1.54, 1.807) is 11.1 Å². The van der Waals surface area contributed by atoms with Crippen LogP contribution in [0.1, 0.15) is 47.1 Å². The van der Waals surface area contributed by atoms with Crippen molar-refractivity contribution in [3.8, 4) is 0 Å². The molecule has 1 fully saturated rings. The van der Waals surface area contributed by atoms with Crippen molar-refractivity contribution >= 4 is 10.8 Å². The number of rotatable bonds is 1. The first-order valence-electron chi connectivity index (χ1n) is 9.49. The lowest BCUT2D eigenvalue weighted by Crippen LogP contribution is -2.33. The molecule has 0 radical (unpaired) electrons. The minimum absolute atomic E-state index is 0.233. The van der Waals surface area contributed by atoms with Crippen LogP contribution >= 0.6 is 0 Å². The zero-order valence-electron chi connectivity index (χ0n) is 14.7. The van der Waals surface area contributed by atoms with Crippen LogP contribution in [0.4, 0.5) is 0 Å². The Morgan fingerprint density at radius 3 is 2.68 bits per heavy atom. The number of fused-ring (bicyclic) bond motifs is 4. The Kier molecular flexibility index (Phi) is 3.64. The molecule has 0 unspecified atom stereocenters. The highest BCUT2D eigenvalue weighted by molar-refractivity contribution is 5.83. The summed E-state index contributed by atoms with van der Waals surface area (Å²) in [5, 5.41) is 2.63. The van der Waals surface area contributed by atoms with Gasteiger partial charge in [-0.3, -0.25) is 0 Å². The van der Waals surface area contributed by atoms with Crippen molar-refractivity contribution in [3.63, 3.8) is 0 Å². The quantitative estimate of drug-likeness (QED) is 0.536. The average molecular weight is 328 g/mol. The summed E-state index contributed by atoms with van der Waals surface area (Å²) < 4.78 is 6.33. The maximum absolute atomic E-state index is 6.33. The molecular formula is C24H24O. The Balaban J connectivity index is 1.54. The highest BCUT2D eigenvalue weighted by Crippen LogP contribution is 2.49. The van der Waals surface area contributed by atoms with Gasteiger partial charge in [0, 0.05) is 6.61 Å². The fourth-order valence-electron chi connectivity index (χ4n) is 4.95. The second-order valence-corrected chi connectivity index (χ2v) is 7.70. The van der Waals surface area contributed by atoms with Gasteiger partial charge in [0.05, 0.1) is 6.10 Å². The van der Waals surface area contributed by atoms with Crippen molar-refractivity contribution in [2.75, 3.05) is 6.61 Å². The fourth-order valence-corrected chi connectivity index (χ4v) is 4.95. The molecule has 1 heteroatoms. The predicted octanol–water partition coefficient (Wildman–Crippen LogP) is 5.96. The molecular weight excluding hydrogens is 304 g/mol. The summed E-state index contributed by atoms with van der Waals surface area (Å²) in [6, 6.07) is 22.5. The lowest BCUT2D eigenvalue weighted by Gasteiger charge is -2.42. The van der Waals surface area contributed by atoms with Gasteiger partial charge < -0.3 is 4.74 Å². The highest BCUT2D eigenvalue weighted by atomic mass is 16.5. The lowest BCUT2D eigenvalue weighted by molar-refractivity contribution is -0.0458. The minimum atomic E-state index is 0.233. The molecule has 25 heavy (non-hydrogen) atoms. The zero-order chi connectivity index (χ0) is 16.8. The number of ether oxygens (including phenoxy) is 1. The Morgan fingerprint density at radius 1 is 0.880 bits per heavy atom. The fraction of sp³-hybridized carbons (Fsp3) is 0.333. The van der Waals surface area contributed by atoms with Gasteiger partial charge >= 0.3 is 0 Å². The second kappa shape index (κ2) is 6.00. The molecule has 0 aromatic heterocycles. The molecule has 1 heterocycles. The van der Waals surface area contributed by atoms with Gasteiger partial charge in [0.2, 0.25) is 0 Å². The summed E-state index contributed by atoms with van der Waals surface area (Å²) in [6.45, 7) is 3.08. The summed E-state index contributed by atoms with van der Waals surface area (Å²) in [5.41, 5.74) is 5.88. The second-order valence-electron chi connectivity index (χ2n) is 7.70. The van der Waals surface area contributed by atoms with E-state index >= 15 is 0 Å². The Labute approximate surface area is 149 Å². The van der Waals surface area contributed by atoms with E-state index in [1.165, 1.54) is 34.7 Å². The molecule has 2 aliphatic rings. The van der Waals surface area contributed by atoms with Crippen LogP contribution in [-0.2, 0) is 11.2 Å². The molecule has 1 aliphatic carbocycles. The third kappa shape index (κ3) is 2.58. The van der Waals surface area contributed by atoms with E-state index in [1.807, 2.05) is 0 Å². The van der Waals surface area contributed by atoms with Crippen LogP contribution in [0, 0.1) is 12.8 Å². The molecule has 0 amide bonds. The molecule has 3 aromatic carbocycles. The first kappa shape index (κ1) is 15.2. The van der Waals surface area contributed by atoms with Crippen LogP contribution in [-0.4, -0.2) is 6.61 Å². The molecule has 1 nitrogen and oxygen atoms in total. The highest BCUT2D eigenvalue weighted by Gasteiger charge is 2.39. The van der Waals surface area contributed by atoms with E-state index in [4.69, 9.17) is 4.74 Å². The summed E-state index contributed by atoms with van der Waals surface area (Å²) in [5.74, 6) is 1.25. The number of benzene rings is 3. The summed E-state index contributed by atoms with van der Waals surface area (Å²) in [7, 11) is 0. The zero-order valence-corrected chi connectivity index (χ0v) is 14.7. The van der Waals surface area contributed by atoms with Crippen LogP contribution in [0.15, 0.2) is 60.7 Å². The predicted molar refractivity (Wildman–Crippen MR) is 103 cm³/mol. The first-order chi connectivity index (χ1) is 12.3. The van der Waals surface area contributed by atoms with Crippen molar-refractivity contribution < 1.29 is 4.74 Å². The molecule has 1 saturated heterocycles. The Morgan fingerprint density at radius 2 is 1.76 bits per heavy atom. The third-order valence-electron chi connectivity index (χ3n) is 6.18. The van der Waals surface area contributed by atoms with E-state index in [-0.39, 0.29) is 6.10 Å². The van der Waals surface area contributed by atoms with Gasteiger partial charge in [0.25, 0.3) is 0 Å². The van der Waals surface area contributed by atoms with Crippen LogP contribution in [0.3, 0.4) is 0 Å². The normalized spacial score (nSPS) is 25.4. The molecule has 3 aromatic rings. The van der Waals surface area contributed by atoms with Gasteiger partial charge in [0.1, 0.15) is 0 Å². The Hall–Kier alpha value is -2.12. The van der Waals surface area contributed by atoms with E-state index < -0.39 is 0 Å². The van der Waals surface area contributed by atoms with Gasteiger partial charge in [0.15, 0.2) is 0 Å². The first-order valence-corrected chi connectivity index (χ1v) is 9.49. The van der Waals surface area contributed by atoms with E-state index in [0.29, 0.717) is 11.8 Å². The molecule has 5 rings (SSSR count). The lowest BCUT2D eigenvalue weighted by atomic mass is 9.68. The van der Waals surface area contributed by atoms with Gasteiger partial charge in [-0.25, -0.2) is 0 Å². The largest absolute Gasteiger partial charge is 0.373 e. The van der Waals surface area contributed by atoms with Crippen LogP contribution in [0.5, 0.6) is 0 Å². The molecule has 0 N–H and O–H groups in total. The maximum atomic E-state index is 6.33. The Bertz CT molecular complexity index is 926. The smallest absolute Gasteiger partial charge is 0.0859 e. The summed E-state index contributed by atoms with van der Waals surface area (Å²) in [4.78, 5) is 0. The minimum Gasteiger partial charge on any atom is -0.373 e. The molecule has 126 valence electrons. The number of hydrogen-bond donors (Lipinski definition) is 0. The van der Waals surface area contributed by atoms with E-state index in [0.717, 1.165) is 13.0 Å². The summed E-state index contributed by atoms with van der Waals surface area (Å²) in [6.07, 6.45) is 3.81. The van der Waals surface area contributed by atoms with Gasteiger partial charge in [-0.05, 0) is 71.6 Å². The number of hydrogen-bond acceptors (Lipinski definition) is 1. The molecule has 0 saturated carbocycles. The topological polar surface area (TPSA) is 9.23 Å².